The van der Waals surface area contributed by atoms with Gasteiger partial charge in [-0.15, -0.1) is 0 Å². The Morgan fingerprint density at radius 1 is 1.19 bits per heavy atom. The van der Waals surface area contributed by atoms with Crippen LogP contribution in [0.25, 0.3) is 0 Å². The Morgan fingerprint density at radius 2 is 1.89 bits per heavy atom. The number of nitrogens with one attached hydrogen (secondary N) is 1. The first-order chi connectivity index (χ1) is 12.9. The van der Waals surface area contributed by atoms with Crippen LogP contribution >= 0.6 is 0 Å². The normalized spacial score (nSPS) is 10.3. The van der Waals surface area contributed by atoms with E-state index in [0.29, 0.717) is 24.3 Å². The summed E-state index contributed by atoms with van der Waals surface area (Å²) >= 11 is 0. The monoisotopic (exact) mass is 372 g/mol. The van der Waals surface area contributed by atoms with Crippen molar-refractivity contribution in [2.75, 3.05) is 6.61 Å². The maximum Gasteiger partial charge on any atom is 0.303 e. The molecule has 0 fully saturated rings. The van der Waals surface area contributed by atoms with Crippen LogP contribution in [0.2, 0.25) is 0 Å². The van der Waals surface area contributed by atoms with Crippen molar-refractivity contribution in [1.82, 2.24) is 5.32 Å². The molecule has 8 heteroatoms. The summed E-state index contributed by atoms with van der Waals surface area (Å²) in [7, 11) is 0. The van der Waals surface area contributed by atoms with Gasteiger partial charge in [0.2, 0.25) is 0 Å². The number of carbonyl (C=O) groups is 2. The number of ether oxygens (including phenoxy) is 1. The van der Waals surface area contributed by atoms with E-state index in [4.69, 9.17) is 9.84 Å². The van der Waals surface area contributed by atoms with Gasteiger partial charge in [0, 0.05) is 18.5 Å². The van der Waals surface area contributed by atoms with E-state index in [1.165, 1.54) is 6.07 Å². The second kappa shape index (κ2) is 9.33. The van der Waals surface area contributed by atoms with Crippen molar-refractivity contribution in [3.05, 3.63) is 69.3 Å². The molecule has 0 spiro atoms. The van der Waals surface area contributed by atoms with Crippen molar-refractivity contribution in [2.24, 2.45) is 0 Å². The lowest BCUT2D eigenvalue weighted by molar-refractivity contribution is -0.385. The predicted molar refractivity (Wildman–Crippen MR) is 97.8 cm³/mol. The fourth-order valence-corrected chi connectivity index (χ4v) is 2.48. The molecule has 0 bridgehead atoms. The number of amides is 1. The van der Waals surface area contributed by atoms with Gasteiger partial charge in [-0.25, -0.2) is 0 Å². The molecular formula is C19H20N2O6. The number of hydrogen-bond donors (Lipinski definition) is 2. The third-order valence-corrected chi connectivity index (χ3v) is 3.85. The van der Waals surface area contributed by atoms with Crippen molar-refractivity contribution >= 4 is 17.6 Å². The number of aliphatic carboxylic acids is 1. The lowest BCUT2D eigenvalue weighted by Crippen LogP contribution is -2.24. The first-order valence-corrected chi connectivity index (χ1v) is 8.34. The van der Waals surface area contributed by atoms with E-state index in [9.17, 15) is 19.7 Å². The molecule has 0 aromatic heterocycles. The molecule has 0 saturated carbocycles. The molecule has 142 valence electrons. The molecule has 0 aliphatic carbocycles. The highest BCUT2D eigenvalue weighted by molar-refractivity contribution is 5.98. The molecule has 1 amide bonds. The largest absolute Gasteiger partial charge is 0.494 e. The zero-order valence-electron chi connectivity index (χ0n) is 14.8. The van der Waals surface area contributed by atoms with Crippen molar-refractivity contribution < 1.29 is 24.4 Å². The van der Waals surface area contributed by atoms with Crippen LogP contribution in [-0.2, 0) is 11.3 Å². The van der Waals surface area contributed by atoms with Gasteiger partial charge >= 0.3 is 5.97 Å². The molecule has 2 aromatic rings. The van der Waals surface area contributed by atoms with Crippen LogP contribution in [0.4, 0.5) is 5.69 Å². The van der Waals surface area contributed by atoms with E-state index in [1.807, 2.05) is 0 Å². The van der Waals surface area contributed by atoms with Crippen molar-refractivity contribution in [3.8, 4) is 5.75 Å². The number of carboxylic acid groups (broad SMARTS) is 1. The lowest BCUT2D eigenvalue weighted by atomic mass is 10.1. The molecule has 0 saturated heterocycles. The third kappa shape index (κ3) is 5.81. The minimum Gasteiger partial charge on any atom is -0.494 e. The zero-order chi connectivity index (χ0) is 19.8. The van der Waals surface area contributed by atoms with Gasteiger partial charge in [-0.2, -0.15) is 0 Å². The number of hydrogen-bond acceptors (Lipinski definition) is 5. The first kappa shape index (κ1) is 19.9. The molecule has 0 aliphatic rings. The van der Waals surface area contributed by atoms with Crippen molar-refractivity contribution in [3.63, 3.8) is 0 Å². The standard InChI is InChI=1S/C19H20N2O6/c1-13-4-2-5-16(18(13)21(25)26)19(24)20-12-14-7-9-15(10-8-14)27-11-3-6-17(22)23/h2,4-5,7-10H,3,6,11-12H2,1H3,(H,20,24)(H,22,23). The fraction of sp³-hybridized carbons (Fsp3) is 0.263. The molecule has 8 nitrogen and oxygen atoms in total. The maximum absolute atomic E-state index is 12.3. The molecule has 0 atom stereocenters. The average molecular weight is 372 g/mol. The van der Waals surface area contributed by atoms with Crippen LogP contribution in [-0.4, -0.2) is 28.5 Å². The summed E-state index contributed by atoms with van der Waals surface area (Å²) in [5.74, 6) is -0.775. The van der Waals surface area contributed by atoms with Gasteiger partial charge in [0.15, 0.2) is 0 Å². The molecule has 0 unspecified atom stereocenters. The molecule has 0 radical (unpaired) electrons. The van der Waals surface area contributed by atoms with Crippen LogP contribution in [0.1, 0.15) is 34.3 Å². The highest BCUT2D eigenvalue weighted by Crippen LogP contribution is 2.23. The predicted octanol–water partition coefficient (Wildman–Crippen LogP) is 3.08. The summed E-state index contributed by atoms with van der Waals surface area (Å²) in [6.07, 6.45) is 0.470. The average Bonchev–Trinajstić information content (AvgIpc) is 2.63. The minimum absolute atomic E-state index is 0.0263. The van der Waals surface area contributed by atoms with E-state index in [-0.39, 0.29) is 24.2 Å². The number of aryl methyl sites for hydroxylation is 1. The molecule has 2 rings (SSSR count). The van der Waals surface area contributed by atoms with Gasteiger partial charge in [-0.05, 0) is 37.1 Å². The Bertz CT molecular complexity index is 833. The summed E-state index contributed by atoms with van der Waals surface area (Å²) in [6.45, 7) is 2.10. The van der Waals surface area contributed by atoms with Gasteiger partial charge in [0.25, 0.3) is 11.6 Å². The number of nitro benzene ring substituents is 1. The van der Waals surface area contributed by atoms with Crippen LogP contribution in [0.5, 0.6) is 5.75 Å². The fourth-order valence-electron chi connectivity index (χ4n) is 2.48. The van der Waals surface area contributed by atoms with Crippen molar-refractivity contribution in [1.29, 1.82) is 0 Å². The van der Waals surface area contributed by atoms with E-state index in [0.717, 1.165) is 5.56 Å². The van der Waals surface area contributed by atoms with Crippen LogP contribution in [0.3, 0.4) is 0 Å². The molecule has 0 aliphatic heterocycles. The molecule has 27 heavy (non-hydrogen) atoms. The number of nitro groups is 1. The maximum atomic E-state index is 12.3. The lowest BCUT2D eigenvalue weighted by Gasteiger charge is -2.09. The van der Waals surface area contributed by atoms with Crippen LogP contribution in [0.15, 0.2) is 42.5 Å². The van der Waals surface area contributed by atoms with Crippen LogP contribution < -0.4 is 10.1 Å². The van der Waals surface area contributed by atoms with E-state index < -0.39 is 16.8 Å². The number of carbonyl (C=O) groups excluding carboxylic acids is 1. The van der Waals surface area contributed by atoms with E-state index in [1.54, 1.807) is 43.3 Å². The van der Waals surface area contributed by atoms with Crippen molar-refractivity contribution in [2.45, 2.75) is 26.3 Å². The smallest absolute Gasteiger partial charge is 0.303 e. The summed E-state index contributed by atoms with van der Waals surface area (Å²) in [6, 6.07) is 11.6. The summed E-state index contributed by atoms with van der Waals surface area (Å²) in [4.78, 5) is 33.4. The molecular weight excluding hydrogens is 352 g/mol. The molecule has 2 N–H and O–H groups in total. The van der Waals surface area contributed by atoms with Gasteiger partial charge in [-0.3, -0.25) is 19.7 Å². The topological polar surface area (TPSA) is 119 Å². The first-order valence-electron chi connectivity index (χ1n) is 8.34. The van der Waals surface area contributed by atoms with E-state index in [2.05, 4.69) is 5.32 Å². The highest BCUT2D eigenvalue weighted by Gasteiger charge is 2.21. The van der Waals surface area contributed by atoms with Gasteiger partial charge in [0.1, 0.15) is 11.3 Å². The number of carboxylic acids is 1. The Kier molecular flexibility index (Phi) is 6.87. The van der Waals surface area contributed by atoms with Crippen LogP contribution in [0, 0.1) is 17.0 Å². The van der Waals surface area contributed by atoms with Gasteiger partial charge in [-0.1, -0.05) is 24.3 Å². The van der Waals surface area contributed by atoms with Gasteiger partial charge in [0.05, 0.1) is 11.5 Å². The number of nitrogens with zero attached hydrogens (tertiary/aromatic N) is 1. The molecule has 2 aromatic carbocycles. The number of para-hydroxylation sites is 1. The Hall–Kier alpha value is -3.42. The zero-order valence-corrected chi connectivity index (χ0v) is 14.8. The Labute approximate surface area is 155 Å². The SMILES string of the molecule is Cc1cccc(C(=O)NCc2ccc(OCCCC(=O)O)cc2)c1[N+](=O)[O-]. The summed E-state index contributed by atoms with van der Waals surface area (Å²) in [5, 5.41) is 22.4. The number of benzene rings is 2. The third-order valence-electron chi connectivity index (χ3n) is 3.85. The second-order valence-electron chi connectivity index (χ2n) is 5.90. The highest BCUT2D eigenvalue weighted by atomic mass is 16.6. The quantitative estimate of drug-likeness (QED) is 0.397. The Balaban J connectivity index is 1.91. The van der Waals surface area contributed by atoms with E-state index >= 15 is 0 Å². The minimum atomic E-state index is -0.862. The summed E-state index contributed by atoms with van der Waals surface area (Å²) < 4.78 is 5.44. The molecule has 0 heterocycles. The Morgan fingerprint density at radius 3 is 2.52 bits per heavy atom. The summed E-state index contributed by atoms with van der Waals surface area (Å²) in [5.41, 5.74) is 1.06. The second-order valence-corrected chi connectivity index (χ2v) is 5.90. The van der Waals surface area contributed by atoms with Gasteiger partial charge < -0.3 is 15.2 Å². The number of rotatable bonds is 9.